The van der Waals surface area contributed by atoms with Gasteiger partial charge in [-0.1, -0.05) is 117 Å². The van der Waals surface area contributed by atoms with Gasteiger partial charge >= 0.3 is 0 Å². The van der Waals surface area contributed by atoms with Crippen LogP contribution in [0.5, 0.6) is 0 Å². The van der Waals surface area contributed by atoms with Gasteiger partial charge in [0.05, 0.1) is 0 Å². The van der Waals surface area contributed by atoms with E-state index in [1.54, 1.807) is 0 Å². The molecule has 0 radical (unpaired) electrons. The lowest BCUT2D eigenvalue weighted by molar-refractivity contribution is 0.423. The summed E-state index contributed by atoms with van der Waals surface area (Å²) in [5.41, 5.74) is 0. The molecule has 22 heavy (non-hydrogen) atoms. The van der Waals surface area contributed by atoms with E-state index < -0.39 is 0 Å². The minimum absolute atomic E-state index is 0.757. The zero-order valence-corrected chi connectivity index (χ0v) is 16.2. The van der Waals surface area contributed by atoms with Crippen LogP contribution in [0.4, 0.5) is 0 Å². The molecule has 0 bridgehead atoms. The Hall–Kier alpha value is -0.260. The summed E-state index contributed by atoms with van der Waals surface area (Å²) in [6, 6.07) is 0. The minimum atomic E-state index is 0.757. The van der Waals surface area contributed by atoms with Crippen LogP contribution in [0.2, 0.25) is 0 Å². The Bertz CT molecular complexity index is 228. The standard InChI is InChI=1S/C22H44/c1-5-7-8-9-10-11-12-13-14-15-16-17-18-20-22(4)21(3)19-6-2/h18,20-22H,5-17,19H2,1-4H3/b20-18+. The number of rotatable bonds is 16. The predicted molar refractivity (Wildman–Crippen MR) is 103 cm³/mol. The molecule has 0 spiro atoms. The van der Waals surface area contributed by atoms with Gasteiger partial charge in [-0.3, -0.25) is 0 Å². The summed E-state index contributed by atoms with van der Waals surface area (Å²) in [6.07, 6.45) is 24.7. The van der Waals surface area contributed by atoms with Gasteiger partial charge in [0, 0.05) is 0 Å². The maximum absolute atomic E-state index is 2.45. The summed E-state index contributed by atoms with van der Waals surface area (Å²) in [4.78, 5) is 0. The molecule has 0 heterocycles. The van der Waals surface area contributed by atoms with Crippen molar-refractivity contribution in [3.8, 4) is 0 Å². The largest absolute Gasteiger partial charge is 0.0883 e. The maximum Gasteiger partial charge on any atom is -0.0236 e. The van der Waals surface area contributed by atoms with Crippen LogP contribution in [0, 0.1) is 11.8 Å². The van der Waals surface area contributed by atoms with Crippen LogP contribution in [-0.4, -0.2) is 0 Å². The summed E-state index contributed by atoms with van der Waals surface area (Å²) >= 11 is 0. The first-order valence-electron chi connectivity index (χ1n) is 10.4. The number of allylic oxidation sites excluding steroid dienone is 2. The van der Waals surface area contributed by atoms with Crippen LogP contribution < -0.4 is 0 Å². The van der Waals surface area contributed by atoms with Crippen molar-refractivity contribution in [2.45, 2.75) is 118 Å². The highest BCUT2D eigenvalue weighted by atomic mass is 14.1. The van der Waals surface area contributed by atoms with E-state index in [9.17, 15) is 0 Å². The maximum atomic E-state index is 2.45. The SMILES string of the molecule is CCCCCCCCCCCCC/C=C/C(C)C(C)CCC. The van der Waals surface area contributed by atoms with Crippen molar-refractivity contribution in [1.82, 2.24) is 0 Å². The predicted octanol–water partition coefficient (Wildman–Crippen LogP) is 8.32. The van der Waals surface area contributed by atoms with E-state index in [0.29, 0.717) is 0 Å². The summed E-state index contributed by atoms with van der Waals surface area (Å²) in [7, 11) is 0. The molecule has 0 rings (SSSR count). The molecule has 2 atom stereocenters. The third-order valence-electron chi connectivity index (χ3n) is 5.06. The summed E-state index contributed by atoms with van der Waals surface area (Å²) < 4.78 is 0. The molecule has 0 aliphatic heterocycles. The van der Waals surface area contributed by atoms with Crippen LogP contribution in [0.1, 0.15) is 118 Å². The fourth-order valence-electron chi connectivity index (χ4n) is 3.15. The van der Waals surface area contributed by atoms with E-state index in [4.69, 9.17) is 0 Å². The smallest absolute Gasteiger partial charge is 0.0236 e. The molecule has 0 amide bonds. The first kappa shape index (κ1) is 21.7. The zero-order chi connectivity index (χ0) is 16.5. The molecule has 0 N–H and O–H groups in total. The van der Waals surface area contributed by atoms with Gasteiger partial charge in [-0.05, 0) is 24.7 Å². The second-order valence-electron chi connectivity index (χ2n) is 7.38. The minimum Gasteiger partial charge on any atom is -0.0883 e. The molecule has 0 aromatic carbocycles. The van der Waals surface area contributed by atoms with Crippen molar-refractivity contribution in [3.63, 3.8) is 0 Å². The third kappa shape index (κ3) is 14.7. The van der Waals surface area contributed by atoms with Crippen LogP contribution in [-0.2, 0) is 0 Å². The first-order chi connectivity index (χ1) is 10.7. The molecule has 0 nitrogen and oxygen atoms in total. The molecule has 0 aliphatic carbocycles. The van der Waals surface area contributed by atoms with Crippen molar-refractivity contribution < 1.29 is 0 Å². The van der Waals surface area contributed by atoms with E-state index >= 15 is 0 Å². The average molecular weight is 309 g/mol. The summed E-state index contributed by atoms with van der Waals surface area (Å²) in [5.74, 6) is 1.60. The molecule has 0 aromatic heterocycles. The van der Waals surface area contributed by atoms with Gasteiger partial charge in [-0.2, -0.15) is 0 Å². The van der Waals surface area contributed by atoms with Gasteiger partial charge in [-0.25, -0.2) is 0 Å². The topological polar surface area (TPSA) is 0 Å². The van der Waals surface area contributed by atoms with Gasteiger partial charge in [0.15, 0.2) is 0 Å². The second-order valence-corrected chi connectivity index (χ2v) is 7.38. The Morgan fingerprint density at radius 3 is 1.64 bits per heavy atom. The summed E-state index contributed by atoms with van der Waals surface area (Å²) in [6.45, 7) is 9.35. The van der Waals surface area contributed by atoms with Crippen molar-refractivity contribution in [1.29, 1.82) is 0 Å². The Balaban J connectivity index is 3.26. The third-order valence-corrected chi connectivity index (χ3v) is 5.06. The second kappa shape index (κ2) is 17.1. The fraction of sp³-hybridized carbons (Fsp3) is 0.909. The number of hydrogen-bond donors (Lipinski definition) is 0. The fourth-order valence-corrected chi connectivity index (χ4v) is 3.15. The Kier molecular flexibility index (Phi) is 16.9. The molecule has 0 heteroatoms. The molecule has 0 fully saturated rings. The normalized spacial score (nSPS) is 14.5. The van der Waals surface area contributed by atoms with Gasteiger partial charge in [-0.15, -0.1) is 0 Å². The Morgan fingerprint density at radius 2 is 1.14 bits per heavy atom. The molecular formula is C22H44. The van der Waals surface area contributed by atoms with Crippen molar-refractivity contribution in [2.24, 2.45) is 11.8 Å². The van der Waals surface area contributed by atoms with E-state index in [1.165, 1.54) is 89.9 Å². The molecule has 0 saturated carbocycles. The molecule has 132 valence electrons. The van der Waals surface area contributed by atoms with Crippen LogP contribution in [0.3, 0.4) is 0 Å². The molecule has 0 saturated heterocycles. The zero-order valence-electron chi connectivity index (χ0n) is 16.2. The highest BCUT2D eigenvalue weighted by molar-refractivity contribution is 4.88. The van der Waals surface area contributed by atoms with Gasteiger partial charge in [0.2, 0.25) is 0 Å². The van der Waals surface area contributed by atoms with E-state index in [2.05, 4.69) is 39.8 Å². The molecule has 0 aliphatic rings. The average Bonchev–Trinajstić information content (AvgIpc) is 2.51. The number of unbranched alkanes of at least 4 members (excludes halogenated alkanes) is 11. The van der Waals surface area contributed by atoms with Crippen LogP contribution >= 0.6 is 0 Å². The van der Waals surface area contributed by atoms with Crippen molar-refractivity contribution in [2.75, 3.05) is 0 Å². The van der Waals surface area contributed by atoms with Crippen LogP contribution in [0.25, 0.3) is 0 Å². The van der Waals surface area contributed by atoms with Crippen molar-refractivity contribution >= 4 is 0 Å². The van der Waals surface area contributed by atoms with Gasteiger partial charge in [0.25, 0.3) is 0 Å². The van der Waals surface area contributed by atoms with E-state index in [0.717, 1.165) is 11.8 Å². The quantitative estimate of drug-likeness (QED) is 0.198. The lowest BCUT2D eigenvalue weighted by Gasteiger charge is -2.15. The lowest BCUT2D eigenvalue weighted by Crippen LogP contribution is -2.04. The van der Waals surface area contributed by atoms with Gasteiger partial charge < -0.3 is 0 Å². The highest BCUT2D eigenvalue weighted by Gasteiger charge is 2.06. The highest BCUT2D eigenvalue weighted by Crippen LogP contribution is 2.18. The lowest BCUT2D eigenvalue weighted by atomic mass is 9.91. The monoisotopic (exact) mass is 308 g/mol. The van der Waals surface area contributed by atoms with Gasteiger partial charge in [0.1, 0.15) is 0 Å². The molecule has 0 aromatic rings. The first-order valence-corrected chi connectivity index (χ1v) is 10.4. The Labute approximate surface area is 142 Å². The van der Waals surface area contributed by atoms with E-state index in [-0.39, 0.29) is 0 Å². The van der Waals surface area contributed by atoms with Crippen LogP contribution in [0.15, 0.2) is 12.2 Å². The Morgan fingerprint density at radius 1 is 0.636 bits per heavy atom. The molecular weight excluding hydrogens is 264 g/mol. The van der Waals surface area contributed by atoms with E-state index in [1.807, 2.05) is 0 Å². The van der Waals surface area contributed by atoms with Crippen molar-refractivity contribution in [3.05, 3.63) is 12.2 Å². The summed E-state index contributed by atoms with van der Waals surface area (Å²) in [5, 5.41) is 0. The number of hydrogen-bond acceptors (Lipinski definition) is 0. The molecule has 2 unspecified atom stereocenters.